The second-order valence-electron chi connectivity index (χ2n) is 7.05. The molecule has 1 amide bonds. The molecule has 2 aromatic rings. The van der Waals surface area contributed by atoms with E-state index in [4.69, 9.17) is 11.6 Å². The third-order valence-electron chi connectivity index (χ3n) is 5.22. The summed E-state index contributed by atoms with van der Waals surface area (Å²) in [5.74, 6) is -2.23. The summed E-state index contributed by atoms with van der Waals surface area (Å²) in [5.41, 5.74) is 0.831. The van der Waals surface area contributed by atoms with Crippen LogP contribution >= 0.6 is 11.6 Å². The molecule has 4 rings (SSSR count). The fourth-order valence-electron chi connectivity index (χ4n) is 3.86. The molecule has 0 aliphatic carbocycles. The molecule has 2 fully saturated rings. The highest BCUT2D eigenvalue weighted by molar-refractivity contribution is 7.91. The highest BCUT2D eigenvalue weighted by Gasteiger charge is 2.50. The second-order valence-corrected chi connectivity index (χ2v) is 9.72. The number of rotatable bonds is 3. The predicted octanol–water partition coefficient (Wildman–Crippen LogP) is 2.34. The van der Waals surface area contributed by atoms with Crippen LogP contribution in [0.1, 0.15) is 23.6 Å². The van der Waals surface area contributed by atoms with Crippen LogP contribution in [0, 0.1) is 0 Å². The van der Waals surface area contributed by atoms with Crippen molar-refractivity contribution < 1.29 is 23.1 Å². The van der Waals surface area contributed by atoms with Crippen LogP contribution in [0.25, 0.3) is 5.76 Å². The molecule has 0 saturated carbocycles. The highest BCUT2D eigenvalue weighted by Crippen LogP contribution is 2.42. The number of ketones is 1. The number of likely N-dealkylation sites (tertiary alicyclic amines) is 1. The number of hydrogen-bond donors (Lipinski definition) is 1. The lowest BCUT2D eigenvalue weighted by atomic mass is 9.95. The molecule has 9 heteroatoms. The molecule has 1 aromatic heterocycles. The van der Waals surface area contributed by atoms with E-state index in [9.17, 15) is 23.1 Å². The standard InChI is InChI=1S/C20H17ClN2O5S/c21-14-3-1-13(2-4-14)18(24)16-17(12-5-8-22-9-6-12)23(20(26)19(16)25)15-7-10-29(27,28)11-15/h1-6,8-9,15,17,24H,7,10-11H2/t15-,17-/m1/s1. The molecule has 7 nitrogen and oxygen atoms in total. The number of nitrogens with zero attached hydrogens (tertiary/aromatic N) is 2. The van der Waals surface area contributed by atoms with Gasteiger partial charge in [0.15, 0.2) is 9.84 Å². The fraction of sp³-hybridized carbons (Fsp3) is 0.250. The summed E-state index contributed by atoms with van der Waals surface area (Å²) in [7, 11) is -3.28. The van der Waals surface area contributed by atoms with Gasteiger partial charge in [-0.15, -0.1) is 0 Å². The van der Waals surface area contributed by atoms with Crippen molar-refractivity contribution in [3.63, 3.8) is 0 Å². The molecule has 29 heavy (non-hydrogen) atoms. The lowest BCUT2D eigenvalue weighted by Crippen LogP contribution is -2.40. The topological polar surface area (TPSA) is 105 Å². The molecule has 2 aliphatic heterocycles. The van der Waals surface area contributed by atoms with Gasteiger partial charge < -0.3 is 10.0 Å². The summed E-state index contributed by atoms with van der Waals surface area (Å²) in [6.45, 7) is 0. The monoisotopic (exact) mass is 432 g/mol. The number of halogens is 1. The Hall–Kier alpha value is -2.71. The van der Waals surface area contributed by atoms with E-state index < -0.39 is 33.6 Å². The Labute approximate surface area is 172 Å². The quantitative estimate of drug-likeness (QED) is 0.453. The Morgan fingerprint density at radius 1 is 1.10 bits per heavy atom. The first-order valence-electron chi connectivity index (χ1n) is 8.95. The van der Waals surface area contributed by atoms with Gasteiger partial charge in [-0.1, -0.05) is 11.6 Å². The average Bonchev–Trinajstić information content (AvgIpc) is 3.19. The first kappa shape index (κ1) is 19.6. The van der Waals surface area contributed by atoms with Crippen LogP contribution in [0.2, 0.25) is 5.02 Å². The Morgan fingerprint density at radius 2 is 1.76 bits per heavy atom. The highest BCUT2D eigenvalue weighted by atomic mass is 35.5. The molecule has 0 radical (unpaired) electrons. The number of aliphatic hydroxyl groups is 1. The lowest BCUT2D eigenvalue weighted by Gasteiger charge is -2.30. The number of amides is 1. The zero-order chi connectivity index (χ0) is 20.8. The molecule has 2 aliphatic rings. The van der Waals surface area contributed by atoms with Crippen molar-refractivity contribution in [3.8, 4) is 0 Å². The number of aromatic nitrogens is 1. The molecule has 3 heterocycles. The first-order chi connectivity index (χ1) is 13.8. The van der Waals surface area contributed by atoms with Gasteiger partial charge in [0.2, 0.25) is 0 Å². The number of Topliss-reactive ketones (excluding diaryl/α,β-unsaturated/α-hetero) is 1. The van der Waals surface area contributed by atoms with Crippen molar-refractivity contribution in [1.29, 1.82) is 0 Å². The number of aliphatic hydroxyl groups excluding tert-OH is 1. The van der Waals surface area contributed by atoms with E-state index >= 15 is 0 Å². The predicted molar refractivity (Wildman–Crippen MR) is 107 cm³/mol. The van der Waals surface area contributed by atoms with Crippen LogP contribution in [0.4, 0.5) is 0 Å². The summed E-state index contributed by atoms with van der Waals surface area (Å²) >= 11 is 5.90. The van der Waals surface area contributed by atoms with Crippen LogP contribution in [-0.2, 0) is 19.4 Å². The Bertz CT molecular complexity index is 1110. The van der Waals surface area contributed by atoms with Crippen molar-refractivity contribution in [2.75, 3.05) is 11.5 Å². The molecule has 2 atom stereocenters. The van der Waals surface area contributed by atoms with Crippen molar-refractivity contribution >= 4 is 38.9 Å². The number of pyridine rings is 1. The minimum Gasteiger partial charge on any atom is -0.507 e. The number of benzene rings is 1. The smallest absolute Gasteiger partial charge is 0.295 e. The van der Waals surface area contributed by atoms with Crippen LogP contribution in [0.15, 0.2) is 54.4 Å². The van der Waals surface area contributed by atoms with E-state index in [1.165, 1.54) is 17.3 Å². The molecular formula is C20H17ClN2O5S. The summed E-state index contributed by atoms with van der Waals surface area (Å²) < 4.78 is 24.0. The van der Waals surface area contributed by atoms with Gasteiger partial charge in [0.25, 0.3) is 11.7 Å². The molecule has 1 aromatic carbocycles. The maximum absolute atomic E-state index is 12.9. The SMILES string of the molecule is O=C1C(=O)N([C@@H]2CCS(=O)(=O)C2)[C@H](c2ccncc2)C1=C(O)c1ccc(Cl)cc1. The van der Waals surface area contributed by atoms with E-state index in [-0.39, 0.29) is 29.3 Å². The summed E-state index contributed by atoms with van der Waals surface area (Å²) in [4.78, 5) is 31.0. The molecule has 0 bridgehead atoms. The first-order valence-corrected chi connectivity index (χ1v) is 11.1. The fourth-order valence-corrected chi connectivity index (χ4v) is 5.70. The van der Waals surface area contributed by atoms with E-state index in [0.717, 1.165) is 0 Å². The Kier molecular flexibility index (Phi) is 4.92. The summed E-state index contributed by atoms with van der Waals surface area (Å²) in [5, 5.41) is 11.4. The molecule has 1 N–H and O–H groups in total. The molecule has 0 spiro atoms. The van der Waals surface area contributed by atoms with Gasteiger partial charge in [-0.2, -0.15) is 0 Å². The van der Waals surface area contributed by atoms with Gasteiger partial charge in [0.1, 0.15) is 5.76 Å². The minimum absolute atomic E-state index is 0.0408. The van der Waals surface area contributed by atoms with Gasteiger partial charge in [-0.05, 0) is 48.4 Å². The van der Waals surface area contributed by atoms with Gasteiger partial charge in [-0.3, -0.25) is 14.6 Å². The molecule has 2 saturated heterocycles. The average molecular weight is 433 g/mol. The van der Waals surface area contributed by atoms with Crippen molar-refractivity contribution in [3.05, 3.63) is 70.5 Å². The van der Waals surface area contributed by atoms with Gasteiger partial charge in [0, 0.05) is 29.0 Å². The van der Waals surface area contributed by atoms with E-state index in [1.807, 2.05) is 0 Å². The largest absolute Gasteiger partial charge is 0.507 e. The Balaban J connectivity index is 1.88. The third-order valence-corrected chi connectivity index (χ3v) is 7.22. The normalized spacial score (nSPS) is 25.5. The lowest BCUT2D eigenvalue weighted by molar-refractivity contribution is -0.141. The number of hydrogen-bond acceptors (Lipinski definition) is 6. The maximum atomic E-state index is 12.9. The number of sulfone groups is 1. The van der Waals surface area contributed by atoms with Crippen molar-refractivity contribution in [2.24, 2.45) is 0 Å². The van der Waals surface area contributed by atoms with E-state index in [1.54, 1.807) is 36.4 Å². The maximum Gasteiger partial charge on any atom is 0.295 e. The van der Waals surface area contributed by atoms with Crippen LogP contribution in [0.3, 0.4) is 0 Å². The second kappa shape index (κ2) is 7.27. The van der Waals surface area contributed by atoms with E-state index in [2.05, 4.69) is 4.98 Å². The van der Waals surface area contributed by atoms with Gasteiger partial charge >= 0.3 is 0 Å². The number of carbonyl (C=O) groups is 2. The van der Waals surface area contributed by atoms with Crippen molar-refractivity contribution in [2.45, 2.75) is 18.5 Å². The zero-order valence-electron chi connectivity index (χ0n) is 15.2. The van der Waals surface area contributed by atoms with Gasteiger partial charge in [-0.25, -0.2) is 8.42 Å². The van der Waals surface area contributed by atoms with Crippen LogP contribution < -0.4 is 0 Å². The molecule has 150 valence electrons. The molecular weight excluding hydrogens is 416 g/mol. The summed E-state index contributed by atoms with van der Waals surface area (Å²) in [6.07, 6.45) is 3.28. The Morgan fingerprint density at radius 3 is 2.34 bits per heavy atom. The third kappa shape index (κ3) is 3.54. The minimum atomic E-state index is -3.28. The zero-order valence-corrected chi connectivity index (χ0v) is 16.7. The van der Waals surface area contributed by atoms with Crippen LogP contribution in [0.5, 0.6) is 0 Å². The molecule has 0 unspecified atom stereocenters. The summed E-state index contributed by atoms with van der Waals surface area (Å²) in [6, 6.07) is 7.99. The number of carbonyl (C=O) groups excluding carboxylic acids is 2. The van der Waals surface area contributed by atoms with Crippen molar-refractivity contribution in [1.82, 2.24) is 9.88 Å². The van der Waals surface area contributed by atoms with E-state index in [0.29, 0.717) is 16.1 Å². The van der Waals surface area contributed by atoms with Gasteiger partial charge in [0.05, 0.1) is 23.1 Å². The van der Waals surface area contributed by atoms with Crippen LogP contribution in [-0.4, -0.2) is 52.6 Å².